The van der Waals surface area contributed by atoms with E-state index in [0.717, 1.165) is 12.2 Å². The summed E-state index contributed by atoms with van der Waals surface area (Å²) in [5.41, 5.74) is 0. The maximum atomic E-state index is 10.8. The average Bonchev–Trinajstić information content (AvgIpc) is 2.16. The fraction of sp³-hybridized carbons (Fsp3) is 0.222. The Kier molecular flexibility index (Phi) is 5.27. The fourth-order valence-electron chi connectivity index (χ4n) is 0.642. The second-order valence-corrected chi connectivity index (χ2v) is 2.27. The summed E-state index contributed by atoms with van der Waals surface area (Å²) in [4.78, 5) is 21.6. The van der Waals surface area contributed by atoms with Crippen molar-refractivity contribution in [1.29, 1.82) is 0 Å². The van der Waals surface area contributed by atoms with Crippen molar-refractivity contribution in [2.45, 2.75) is 12.6 Å². The molecule has 4 nitrogen and oxygen atoms in total. The lowest BCUT2D eigenvalue weighted by atomic mass is 10.3. The lowest BCUT2D eigenvalue weighted by molar-refractivity contribution is -0.119. The number of hydrogen-bond acceptors (Lipinski definition) is 2. The smallest absolute Gasteiger partial charge is 0.244 e. The van der Waals surface area contributed by atoms with E-state index >= 15 is 0 Å². The topological polar surface area (TPSA) is 58.2 Å². The third-order valence-corrected chi connectivity index (χ3v) is 1.29. The van der Waals surface area contributed by atoms with E-state index in [1.165, 1.54) is 0 Å². The molecule has 13 heavy (non-hydrogen) atoms. The quantitative estimate of drug-likeness (QED) is 0.468. The van der Waals surface area contributed by atoms with Crippen LogP contribution < -0.4 is 10.6 Å². The van der Waals surface area contributed by atoms with E-state index in [-0.39, 0.29) is 11.8 Å². The minimum atomic E-state index is -0.476. The summed E-state index contributed by atoms with van der Waals surface area (Å²) >= 11 is 0. The van der Waals surface area contributed by atoms with Gasteiger partial charge in [0.25, 0.3) is 0 Å². The highest BCUT2D eigenvalue weighted by molar-refractivity contribution is 5.89. The first-order valence-corrected chi connectivity index (χ1v) is 3.79. The normalized spacial score (nSPS) is 9.08. The molecule has 0 saturated heterocycles. The SMILES string of the molecule is [CH2]CC(NC(=O)C=C)NC(=O)C=C. The van der Waals surface area contributed by atoms with Crippen LogP contribution in [0.3, 0.4) is 0 Å². The lowest BCUT2D eigenvalue weighted by Gasteiger charge is -2.16. The highest BCUT2D eigenvalue weighted by Crippen LogP contribution is 1.86. The minimum absolute atomic E-state index is 0.349. The molecular formula is C9H13N2O2. The second kappa shape index (κ2) is 5.99. The molecule has 0 heterocycles. The molecule has 0 aromatic carbocycles. The van der Waals surface area contributed by atoms with Gasteiger partial charge in [-0.05, 0) is 25.5 Å². The number of amides is 2. The summed E-state index contributed by atoms with van der Waals surface area (Å²) in [5, 5.41) is 4.96. The molecule has 0 atom stereocenters. The van der Waals surface area contributed by atoms with Crippen LogP contribution in [0.2, 0.25) is 0 Å². The molecule has 0 aliphatic heterocycles. The molecule has 0 spiro atoms. The van der Waals surface area contributed by atoms with Gasteiger partial charge in [-0.25, -0.2) is 0 Å². The molecule has 0 unspecified atom stereocenters. The molecule has 0 aliphatic rings. The minimum Gasteiger partial charge on any atom is -0.332 e. The van der Waals surface area contributed by atoms with Crippen LogP contribution in [0.15, 0.2) is 25.3 Å². The first kappa shape index (κ1) is 11.4. The summed E-state index contributed by atoms with van der Waals surface area (Å²) in [6, 6.07) is 0. The zero-order valence-electron chi connectivity index (χ0n) is 7.38. The third kappa shape index (κ3) is 4.79. The van der Waals surface area contributed by atoms with Gasteiger partial charge in [-0.3, -0.25) is 9.59 Å². The van der Waals surface area contributed by atoms with Crippen molar-refractivity contribution in [3.8, 4) is 0 Å². The largest absolute Gasteiger partial charge is 0.332 e. The van der Waals surface area contributed by atoms with Crippen LogP contribution in [-0.2, 0) is 9.59 Å². The van der Waals surface area contributed by atoms with Gasteiger partial charge in [0.1, 0.15) is 6.17 Å². The van der Waals surface area contributed by atoms with Gasteiger partial charge < -0.3 is 10.6 Å². The van der Waals surface area contributed by atoms with E-state index in [2.05, 4.69) is 30.7 Å². The highest BCUT2D eigenvalue weighted by atomic mass is 16.2. The van der Waals surface area contributed by atoms with E-state index in [1.807, 2.05) is 0 Å². The maximum absolute atomic E-state index is 10.8. The van der Waals surface area contributed by atoms with Crippen LogP contribution >= 0.6 is 0 Å². The van der Waals surface area contributed by atoms with Gasteiger partial charge in [-0.1, -0.05) is 13.2 Å². The van der Waals surface area contributed by atoms with Gasteiger partial charge in [0.05, 0.1) is 0 Å². The molecule has 0 aromatic heterocycles. The van der Waals surface area contributed by atoms with E-state index in [9.17, 15) is 9.59 Å². The second-order valence-electron chi connectivity index (χ2n) is 2.27. The Morgan fingerprint density at radius 2 is 1.54 bits per heavy atom. The van der Waals surface area contributed by atoms with E-state index in [4.69, 9.17) is 0 Å². The average molecular weight is 181 g/mol. The number of rotatable bonds is 5. The standard InChI is InChI=1S/C9H13N2O2/c1-4-7(10-8(12)5-2)11-9(13)6-3/h5-7H,1-4H2,(H,10,12)(H,11,13). The highest BCUT2D eigenvalue weighted by Gasteiger charge is 2.08. The summed E-state index contributed by atoms with van der Waals surface area (Å²) in [6.45, 7) is 10.1. The van der Waals surface area contributed by atoms with Crippen molar-refractivity contribution in [1.82, 2.24) is 10.6 Å². The van der Waals surface area contributed by atoms with Gasteiger partial charge in [-0.15, -0.1) is 0 Å². The molecular weight excluding hydrogens is 168 g/mol. The third-order valence-electron chi connectivity index (χ3n) is 1.29. The lowest BCUT2D eigenvalue weighted by Crippen LogP contribution is -2.46. The summed E-state index contributed by atoms with van der Waals surface area (Å²) in [6.07, 6.45) is 2.14. The van der Waals surface area contributed by atoms with Crippen molar-refractivity contribution in [2.75, 3.05) is 0 Å². The van der Waals surface area contributed by atoms with Crippen LogP contribution in [-0.4, -0.2) is 18.0 Å². The summed E-state index contributed by atoms with van der Waals surface area (Å²) in [7, 11) is 0. The predicted molar refractivity (Wildman–Crippen MR) is 50.4 cm³/mol. The first-order chi connectivity index (χ1) is 6.13. The molecule has 2 amide bonds. The molecule has 0 fully saturated rings. The Morgan fingerprint density at radius 3 is 1.77 bits per heavy atom. The van der Waals surface area contributed by atoms with Gasteiger partial charge in [-0.2, -0.15) is 0 Å². The van der Waals surface area contributed by atoms with Gasteiger partial charge in [0.15, 0.2) is 0 Å². The Hall–Kier alpha value is -1.58. The van der Waals surface area contributed by atoms with Crippen LogP contribution in [0.5, 0.6) is 0 Å². The zero-order chi connectivity index (χ0) is 10.3. The Labute approximate surface area is 77.7 Å². The van der Waals surface area contributed by atoms with Crippen molar-refractivity contribution in [3.63, 3.8) is 0 Å². The zero-order valence-corrected chi connectivity index (χ0v) is 7.38. The van der Waals surface area contributed by atoms with E-state index in [0.29, 0.717) is 6.42 Å². The van der Waals surface area contributed by atoms with Crippen LogP contribution in [0.1, 0.15) is 6.42 Å². The van der Waals surface area contributed by atoms with Crippen LogP contribution in [0.4, 0.5) is 0 Å². The number of hydrogen-bond donors (Lipinski definition) is 2. The molecule has 0 rings (SSSR count). The van der Waals surface area contributed by atoms with Crippen molar-refractivity contribution < 1.29 is 9.59 Å². The summed E-state index contributed by atoms with van der Waals surface area (Å²) < 4.78 is 0. The van der Waals surface area contributed by atoms with Gasteiger partial charge in [0, 0.05) is 0 Å². The van der Waals surface area contributed by atoms with Crippen molar-refractivity contribution in [2.24, 2.45) is 0 Å². The maximum Gasteiger partial charge on any atom is 0.244 e. The Bertz CT molecular complexity index is 202. The van der Waals surface area contributed by atoms with Crippen molar-refractivity contribution in [3.05, 3.63) is 32.2 Å². The Balaban J connectivity index is 4.02. The van der Waals surface area contributed by atoms with Gasteiger partial charge in [0.2, 0.25) is 11.8 Å². The number of nitrogens with one attached hydrogen (secondary N) is 2. The summed E-state index contributed by atoms with van der Waals surface area (Å²) in [5.74, 6) is -0.698. The number of carbonyl (C=O) groups is 2. The molecule has 4 heteroatoms. The van der Waals surface area contributed by atoms with Crippen LogP contribution in [0.25, 0.3) is 0 Å². The van der Waals surface area contributed by atoms with Crippen molar-refractivity contribution >= 4 is 11.8 Å². The molecule has 0 aliphatic carbocycles. The van der Waals surface area contributed by atoms with Crippen LogP contribution in [0, 0.1) is 6.92 Å². The first-order valence-electron chi connectivity index (χ1n) is 3.79. The molecule has 0 bridgehead atoms. The Morgan fingerprint density at radius 1 is 1.15 bits per heavy atom. The molecule has 2 N–H and O–H groups in total. The monoisotopic (exact) mass is 181 g/mol. The fourth-order valence-corrected chi connectivity index (χ4v) is 0.642. The van der Waals surface area contributed by atoms with E-state index < -0.39 is 6.17 Å². The predicted octanol–water partition coefficient (Wildman–Crippen LogP) is 0.141. The van der Waals surface area contributed by atoms with E-state index in [1.54, 1.807) is 0 Å². The molecule has 0 saturated carbocycles. The van der Waals surface area contributed by atoms with Gasteiger partial charge >= 0.3 is 0 Å². The molecule has 1 radical (unpaired) electrons. The molecule has 71 valence electrons. The molecule has 0 aromatic rings. The number of carbonyl (C=O) groups excluding carboxylic acids is 2.